The van der Waals surface area contributed by atoms with Crippen molar-refractivity contribution in [2.45, 2.75) is 77.6 Å². The Balaban J connectivity index is 1.75. The van der Waals surface area contributed by atoms with Gasteiger partial charge in [-0.15, -0.1) is 0 Å². The van der Waals surface area contributed by atoms with Crippen LogP contribution in [0.15, 0.2) is 11.6 Å². The van der Waals surface area contributed by atoms with Crippen LogP contribution in [0.25, 0.3) is 0 Å². The smallest absolute Gasteiger partial charge is 0.416 e. The molecule has 0 unspecified atom stereocenters. The highest BCUT2D eigenvalue weighted by Gasteiger charge is 2.50. The van der Waals surface area contributed by atoms with Crippen LogP contribution in [-0.4, -0.2) is 75.2 Å². The molecule has 0 aromatic rings. The second-order valence-corrected chi connectivity index (χ2v) is 16.0. The van der Waals surface area contributed by atoms with Gasteiger partial charge in [0.1, 0.15) is 13.2 Å². The average molecular weight is 481 g/mol. The lowest BCUT2D eigenvalue weighted by Crippen LogP contribution is -2.47. The Kier molecular flexibility index (Phi) is 7.94. The molecule has 0 aromatic carbocycles. The Morgan fingerprint density at radius 3 is 2.27 bits per heavy atom. The SMILES string of the molecule is C/C(=C/CO[Si](C(C)C)(C(C)C)C(C)C)[C@H]1CN2C(=O)OC[C@@H]2[C@H]1CC(=O)N1CCOC1=O. The number of ether oxygens (including phenoxy) is 2. The molecule has 3 rings (SSSR count). The first-order chi connectivity index (χ1) is 15.5. The van der Waals surface area contributed by atoms with E-state index in [1.807, 2.05) is 0 Å². The number of nitrogens with zero attached hydrogens (tertiary/aromatic N) is 2. The maximum Gasteiger partial charge on any atom is 0.416 e. The summed E-state index contributed by atoms with van der Waals surface area (Å²) in [5, 5.41) is 0. The second-order valence-electron chi connectivity index (χ2n) is 10.5. The van der Waals surface area contributed by atoms with Gasteiger partial charge in [-0.1, -0.05) is 53.2 Å². The zero-order valence-corrected chi connectivity index (χ0v) is 22.1. The molecule has 0 aromatic heterocycles. The van der Waals surface area contributed by atoms with E-state index in [-0.39, 0.29) is 56.1 Å². The predicted octanol–water partition coefficient (Wildman–Crippen LogP) is 4.56. The minimum absolute atomic E-state index is 0.0299. The van der Waals surface area contributed by atoms with Crippen LogP contribution in [0.1, 0.15) is 54.9 Å². The number of hydrogen-bond acceptors (Lipinski definition) is 6. The van der Waals surface area contributed by atoms with Crippen LogP contribution < -0.4 is 0 Å². The third-order valence-electron chi connectivity index (χ3n) is 7.92. The van der Waals surface area contributed by atoms with Gasteiger partial charge >= 0.3 is 12.2 Å². The molecule has 3 atom stereocenters. The highest BCUT2D eigenvalue weighted by Crippen LogP contribution is 2.43. The van der Waals surface area contributed by atoms with Crippen molar-refractivity contribution < 1.29 is 28.3 Å². The minimum atomic E-state index is -1.98. The Bertz CT molecular complexity index is 774. The number of hydrogen-bond donors (Lipinski definition) is 0. The van der Waals surface area contributed by atoms with Gasteiger partial charge in [-0.3, -0.25) is 4.79 Å². The van der Waals surface area contributed by atoms with Crippen LogP contribution in [0.2, 0.25) is 16.6 Å². The van der Waals surface area contributed by atoms with Gasteiger partial charge < -0.3 is 18.8 Å². The Labute approximate surface area is 198 Å². The average Bonchev–Trinajstić information content (AvgIpc) is 3.41. The normalized spacial score (nSPS) is 26.0. The van der Waals surface area contributed by atoms with E-state index in [4.69, 9.17) is 13.9 Å². The van der Waals surface area contributed by atoms with Crippen molar-refractivity contribution in [2.24, 2.45) is 11.8 Å². The summed E-state index contributed by atoms with van der Waals surface area (Å²) in [5.41, 5.74) is 2.63. The molecule has 0 N–H and O–H groups in total. The first-order valence-corrected chi connectivity index (χ1v) is 14.4. The van der Waals surface area contributed by atoms with E-state index in [1.54, 1.807) is 4.90 Å². The summed E-state index contributed by atoms with van der Waals surface area (Å²) in [6.07, 6.45) is 1.42. The number of imide groups is 1. The van der Waals surface area contributed by atoms with E-state index < -0.39 is 14.4 Å². The quantitative estimate of drug-likeness (QED) is 0.355. The molecule has 3 heterocycles. The molecule has 9 heteroatoms. The fourth-order valence-corrected chi connectivity index (χ4v) is 11.7. The van der Waals surface area contributed by atoms with Gasteiger partial charge in [-0.2, -0.15) is 0 Å². The van der Waals surface area contributed by atoms with Crippen molar-refractivity contribution in [1.82, 2.24) is 9.80 Å². The van der Waals surface area contributed by atoms with E-state index in [0.29, 0.717) is 29.8 Å². The molecule has 3 saturated heterocycles. The first-order valence-electron chi connectivity index (χ1n) is 12.2. The van der Waals surface area contributed by atoms with Crippen LogP contribution in [0.3, 0.4) is 0 Å². The van der Waals surface area contributed by atoms with Gasteiger partial charge in [-0.25, -0.2) is 14.5 Å². The van der Waals surface area contributed by atoms with Gasteiger partial charge in [0.05, 0.1) is 19.2 Å². The molecule has 3 aliphatic heterocycles. The second kappa shape index (κ2) is 10.2. The van der Waals surface area contributed by atoms with Crippen molar-refractivity contribution in [3.8, 4) is 0 Å². The highest BCUT2D eigenvalue weighted by atomic mass is 28.4. The lowest BCUT2D eigenvalue weighted by atomic mass is 9.83. The molecule has 33 heavy (non-hydrogen) atoms. The third-order valence-corrected chi connectivity index (χ3v) is 14.0. The van der Waals surface area contributed by atoms with Crippen molar-refractivity contribution in [3.05, 3.63) is 11.6 Å². The molecule has 186 valence electrons. The van der Waals surface area contributed by atoms with Crippen molar-refractivity contribution >= 4 is 26.4 Å². The molecule has 3 amide bonds. The predicted molar refractivity (Wildman–Crippen MR) is 127 cm³/mol. The number of amides is 3. The van der Waals surface area contributed by atoms with Crippen molar-refractivity contribution in [1.29, 1.82) is 0 Å². The maximum absolute atomic E-state index is 12.9. The Morgan fingerprint density at radius 2 is 1.73 bits per heavy atom. The molecule has 0 aliphatic carbocycles. The van der Waals surface area contributed by atoms with Crippen LogP contribution in [-0.2, 0) is 18.7 Å². The molecule has 0 radical (unpaired) electrons. The topological polar surface area (TPSA) is 85.4 Å². The summed E-state index contributed by atoms with van der Waals surface area (Å²) in [4.78, 5) is 39.9. The Hall–Kier alpha value is -1.87. The Morgan fingerprint density at radius 1 is 1.09 bits per heavy atom. The lowest BCUT2D eigenvalue weighted by Gasteiger charge is -2.42. The van der Waals surface area contributed by atoms with Crippen LogP contribution in [0.4, 0.5) is 9.59 Å². The monoisotopic (exact) mass is 480 g/mol. The zero-order valence-electron chi connectivity index (χ0n) is 21.1. The number of rotatable bonds is 9. The first kappa shape index (κ1) is 25.7. The fraction of sp³-hybridized carbons (Fsp3) is 0.792. The van der Waals surface area contributed by atoms with Crippen molar-refractivity contribution in [3.63, 3.8) is 0 Å². The van der Waals surface area contributed by atoms with E-state index in [9.17, 15) is 14.4 Å². The number of carbonyl (C=O) groups is 3. The van der Waals surface area contributed by atoms with E-state index in [1.165, 1.54) is 4.90 Å². The van der Waals surface area contributed by atoms with Gasteiger partial charge in [-0.05, 0) is 29.5 Å². The molecular formula is C24H40N2O6Si. The molecule has 0 bridgehead atoms. The fourth-order valence-electron chi connectivity index (χ4n) is 6.31. The summed E-state index contributed by atoms with van der Waals surface area (Å²) in [6, 6.07) is -0.148. The van der Waals surface area contributed by atoms with E-state index in [2.05, 4.69) is 54.5 Å². The largest absolute Gasteiger partial charge is 0.447 e. The molecule has 0 spiro atoms. The lowest BCUT2D eigenvalue weighted by molar-refractivity contribution is -0.129. The van der Waals surface area contributed by atoms with Crippen LogP contribution >= 0.6 is 0 Å². The number of fused-ring (bicyclic) bond motifs is 1. The summed E-state index contributed by atoms with van der Waals surface area (Å²) in [7, 11) is -1.98. The van der Waals surface area contributed by atoms with Crippen LogP contribution in [0, 0.1) is 11.8 Å². The van der Waals surface area contributed by atoms with E-state index >= 15 is 0 Å². The maximum atomic E-state index is 12.9. The summed E-state index contributed by atoms with van der Waals surface area (Å²) >= 11 is 0. The van der Waals surface area contributed by atoms with Gasteiger partial charge in [0.15, 0.2) is 0 Å². The molecule has 3 fully saturated rings. The minimum Gasteiger partial charge on any atom is -0.447 e. The standard InChI is InChI=1S/C24H40N2O6Si/c1-15(2)33(16(3)4,17(5)6)32-10-8-18(7)20-13-26-21(14-31-24(26)29)19(20)12-22(27)25-9-11-30-23(25)28/h8,15-17,19-21H,9-14H2,1-7H3/b18-8-/t19-,20+,21+/m0/s1. The van der Waals surface area contributed by atoms with Crippen LogP contribution in [0.5, 0.6) is 0 Å². The summed E-state index contributed by atoms with van der Waals surface area (Å²) in [5.74, 6) is -0.318. The molecule has 0 saturated carbocycles. The van der Waals surface area contributed by atoms with E-state index in [0.717, 1.165) is 5.57 Å². The van der Waals surface area contributed by atoms with Gasteiger partial charge in [0.2, 0.25) is 14.2 Å². The number of carbonyl (C=O) groups excluding carboxylic acids is 3. The summed E-state index contributed by atoms with van der Waals surface area (Å²) in [6.45, 7) is 17.5. The molecule has 8 nitrogen and oxygen atoms in total. The highest BCUT2D eigenvalue weighted by molar-refractivity contribution is 6.77. The van der Waals surface area contributed by atoms with Crippen molar-refractivity contribution in [2.75, 3.05) is 32.9 Å². The zero-order chi connectivity index (χ0) is 24.5. The third kappa shape index (κ3) is 4.85. The summed E-state index contributed by atoms with van der Waals surface area (Å²) < 4.78 is 16.9. The molecule has 3 aliphatic rings. The van der Waals surface area contributed by atoms with Gasteiger partial charge in [0, 0.05) is 18.9 Å². The van der Waals surface area contributed by atoms with Gasteiger partial charge in [0.25, 0.3) is 0 Å². The molecular weight excluding hydrogens is 440 g/mol. The number of cyclic esters (lactones) is 2.